The summed E-state index contributed by atoms with van der Waals surface area (Å²) in [6.45, 7) is 3.49. The van der Waals surface area contributed by atoms with Crippen LogP contribution < -0.4 is 5.32 Å². The first-order valence-electron chi connectivity index (χ1n) is 5.89. The number of nitrogens with zero attached hydrogens (tertiary/aromatic N) is 1. The van der Waals surface area contributed by atoms with Crippen LogP contribution in [-0.2, 0) is 4.79 Å². The molecule has 0 aromatic rings. The Morgan fingerprint density at radius 2 is 2.20 bits per heavy atom. The fourth-order valence-electron chi connectivity index (χ4n) is 2.05. The smallest absolute Gasteiger partial charge is 0.237 e. The van der Waals surface area contributed by atoms with Gasteiger partial charge in [0.2, 0.25) is 5.91 Å². The predicted molar refractivity (Wildman–Crippen MR) is 57.4 cm³/mol. The first-order valence-corrected chi connectivity index (χ1v) is 5.89. The zero-order valence-electron chi connectivity index (χ0n) is 9.28. The molecule has 1 saturated carbocycles. The van der Waals surface area contributed by atoms with Crippen LogP contribution in [0.1, 0.15) is 32.6 Å². The number of rotatable bonds is 3. The molecule has 1 saturated heterocycles. The van der Waals surface area contributed by atoms with Crippen molar-refractivity contribution in [3.63, 3.8) is 0 Å². The van der Waals surface area contributed by atoms with E-state index in [0.29, 0.717) is 12.6 Å². The Balaban J connectivity index is 1.82. The molecule has 2 N–H and O–H groups in total. The highest BCUT2D eigenvalue weighted by Crippen LogP contribution is 2.19. The lowest BCUT2D eigenvalue weighted by Gasteiger charge is -2.33. The summed E-state index contributed by atoms with van der Waals surface area (Å²) in [5.41, 5.74) is 0. The Hall–Kier alpha value is -0.610. The number of aliphatic hydroxyl groups excluding tert-OH is 1. The molecule has 0 aromatic heterocycles. The van der Waals surface area contributed by atoms with Crippen molar-refractivity contribution in [3.05, 3.63) is 0 Å². The number of carbonyl (C=O) groups excluding carboxylic acids is 1. The number of β-amino-alcohol motifs (C(OH)–C–C–N with tert-alkyl or cyclic N) is 1. The first kappa shape index (κ1) is 10.9. The highest BCUT2D eigenvalue weighted by molar-refractivity contribution is 5.81. The molecule has 1 heterocycles. The molecule has 0 aromatic carbocycles. The lowest BCUT2D eigenvalue weighted by molar-refractivity contribution is -0.127. The van der Waals surface area contributed by atoms with E-state index in [-0.39, 0.29) is 18.1 Å². The van der Waals surface area contributed by atoms with E-state index in [4.69, 9.17) is 0 Å². The maximum absolute atomic E-state index is 11.8. The highest BCUT2D eigenvalue weighted by atomic mass is 16.3. The fourth-order valence-corrected chi connectivity index (χ4v) is 2.05. The van der Waals surface area contributed by atoms with Crippen molar-refractivity contribution in [2.24, 2.45) is 0 Å². The number of hydrogen-bond donors (Lipinski definition) is 2. The van der Waals surface area contributed by atoms with Crippen LogP contribution in [0.3, 0.4) is 0 Å². The van der Waals surface area contributed by atoms with E-state index in [1.807, 2.05) is 6.92 Å². The van der Waals surface area contributed by atoms with Crippen LogP contribution in [0.15, 0.2) is 0 Å². The van der Waals surface area contributed by atoms with E-state index < -0.39 is 0 Å². The Morgan fingerprint density at radius 1 is 1.47 bits per heavy atom. The number of nitrogens with one attached hydrogen (secondary N) is 1. The molecule has 1 amide bonds. The molecular formula is C11H20N2O2. The van der Waals surface area contributed by atoms with Gasteiger partial charge in [0, 0.05) is 12.6 Å². The van der Waals surface area contributed by atoms with E-state index in [1.54, 1.807) is 0 Å². The van der Waals surface area contributed by atoms with Crippen LogP contribution >= 0.6 is 0 Å². The number of aliphatic hydroxyl groups is 1. The van der Waals surface area contributed by atoms with Gasteiger partial charge in [0.25, 0.3) is 0 Å². The summed E-state index contributed by atoms with van der Waals surface area (Å²) >= 11 is 0. The molecular weight excluding hydrogens is 192 g/mol. The van der Waals surface area contributed by atoms with Gasteiger partial charge < -0.3 is 10.4 Å². The summed E-state index contributed by atoms with van der Waals surface area (Å²) in [5.74, 6) is 0.117. The number of piperidine rings is 1. The van der Waals surface area contributed by atoms with Gasteiger partial charge in [-0.2, -0.15) is 0 Å². The van der Waals surface area contributed by atoms with E-state index in [9.17, 15) is 9.90 Å². The molecule has 15 heavy (non-hydrogen) atoms. The van der Waals surface area contributed by atoms with Gasteiger partial charge in [-0.1, -0.05) is 0 Å². The lowest BCUT2D eigenvalue weighted by atomic mass is 10.1. The van der Waals surface area contributed by atoms with Gasteiger partial charge in [-0.15, -0.1) is 0 Å². The Labute approximate surface area is 90.6 Å². The number of likely N-dealkylation sites (tertiary alicyclic amines) is 1. The third-order valence-electron chi connectivity index (χ3n) is 3.28. The van der Waals surface area contributed by atoms with Gasteiger partial charge in [-0.25, -0.2) is 0 Å². The van der Waals surface area contributed by atoms with Crippen molar-refractivity contribution in [1.82, 2.24) is 10.2 Å². The molecule has 1 aliphatic heterocycles. The third kappa shape index (κ3) is 2.92. The van der Waals surface area contributed by atoms with Gasteiger partial charge in [-0.3, -0.25) is 9.69 Å². The summed E-state index contributed by atoms with van der Waals surface area (Å²) in [5, 5.41) is 12.5. The van der Waals surface area contributed by atoms with Crippen molar-refractivity contribution >= 4 is 5.91 Å². The summed E-state index contributed by atoms with van der Waals surface area (Å²) in [6, 6.07) is 0.329. The summed E-state index contributed by atoms with van der Waals surface area (Å²) < 4.78 is 0. The zero-order chi connectivity index (χ0) is 10.8. The normalized spacial score (nSPS) is 29.9. The summed E-state index contributed by atoms with van der Waals surface area (Å²) in [6.07, 6.45) is 3.85. The summed E-state index contributed by atoms with van der Waals surface area (Å²) in [4.78, 5) is 13.8. The molecule has 4 nitrogen and oxygen atoms in total. The van der Waals surface area contributed by atoms with E-state index >= 15 is 0 Å². The fraction of sp³-hybridized carbons (Fsp3) is 0.909. The van der Waals surface area contributed by atoms with Crippen molar-refractivity contribution in [1.29, 1.82) is 0 Å². The van der Waals surface area contributed by atoms with Crippen molar-refractivity contribution in [2.75, 3.05) is 13.1 Å². The minimum absolute atomic E-state index is 0.0967. The van der Waals surface area contributed by atoms with Crippen LogP contribution in [0.25, 0.3) is 0 Å². The van der Waals surface area contributed by atoms with Crippen molar-refractivity contribution in [2.45, 2.75) is 50.8 Å². The minimum Gasteiger partial charge on any atom is -0.392 e. The Kier molecular flexibility index (Phi) is 3.26. The minimum atomic E-state index is -0.255. The predicted octanol–water partition coefficient (Wildman–Crippen LogP) is 0.110. The number of carbonyl (C=O) groups is 1. The van der Waals surface area contributed by atoms with E-state index in [1.165, 1.54) is 0 Å². The van der Waals surface area contributed by atoms with Gasteiger partial charge in [-0.05, 0) is 39.2 Å². The average Bonchev–Trinajstić information content (AvgIpc) is 3.00. The molecule has 0 radical (unpaired) electrons. The van der Waals surface area contributed by atoms with Gasteiger partial charge in [0.1, 0.15) is 0 Å². The molecule has 4 heteroatoms. The average molecular weight is 212 g/mol. The molecule has 2 aliphatic rings. The lowest BCUT2D eigenvalue weighted by Crippen LogP contribution is -2.50. The van der Waals surface area contributed by atoms with Crippen LogP contribution in [0.2, 0.25) is 0 Å². The monoisotopic (exact) mass is 212 g/mol. The Bertz CT molecular complexity index is 241. The van der Waals surface area contributed by atoms with Gasteiger partial charge in [0.15, 0.2) is 0 Å². The molecule has 2 rings (SSSR count). The van der Waals surface area contributed by atoms with Crippen LogP contribution in [0, 0.1) is 0 Å². The molecule has 1 aliphatic carbocycles. The molecule has 2 atom stereocenters. The molecule has 86 valence electrons. The SMILES string of the molecule is CC(C(=O)NC1CC1)N1CCCC(O)C1. The standard InChI is InChI=1S/C11H20N2O2/c1-8(11(15)12-9-4-5-9)13-6-2-3-10(14)7-13/h8-10,14H,2-7H2,1H3,(H,12,15). The number of amides is 1. The second kappa shape index (κ2) is 4.49. The maximum Gasteiger partial charge on any atom is 0.237 e. The zero-order valence-corrected chi connectivity index (χ0v) is 9.28. The summed E-state index contributed by atoms with van der Waals surface area (Å²) in [7, 11) is 0. The maximum atomic E-state index is 11.8. The van der Waals surface area contributed by atoms with E-state index in [0.717, 1.165) is 32.2 Å². The van der Waals surface area contributed by atoms with Crippen LogP contribution in [0.5, 0.6) is 0 Å². The second-order valence-corrected chi connectivity index (χ2v) is 4.75. The second-order valence-electron chi connectivity index (χ2n) is 4.75. The van der Waals surface area contributed by atoms with Gasteiger partial charge in [0.05, 0.1) is 12.1 Å². The first-order chi connectivity index (χ1) is 7.16. The van der Waals surface area contributed by atoms with E-state index in [2.05, 4.69) is 10.2 Å². The molecule has 2 fully saturated rings. The third-order valence-corrected chi connectivity index (χ3v) is 3.28. The largest absolute Gasteiger partial charge is 0.392 e. The van der Waals surface area contributed by atoms with Crippen molar-refractivity contribution < 1.29 is 9.90 Å². The molecule has 2 unspecified atom stereocenters. The number of hydrogen-bond acceptors (Lipinski definition) is 3. The topological polar surface area (TPSA) is 52.6 Å². The van der Waals surface area contributed by atoms with Crippen molar-refractivity contribution in [3.8, 4) is 0 Å². The highest BCUT2D eigenvalue weighted by Gasteiger charge is 2.30. The Morgan fingerprint density at radius 3 is 2.80 bits per heavy atom. The van der Waals surface area contributed by atoms with Gasteiger partial charge >= 0.3 is 0 Å². The molecule has 0 bridgehead atoms. The van der Waals surface area contributed by atoms with Crippen LogP contribution in [-0.4, -0.2) is 47.2 Å². The van der Waals surface area contributed by atoms with Crippen LogP contribution in [0.4, 0.5) is 0 Å². The molecule has 0 spiro atoms. The quantitative estimate of drug-likeness (QED) is 0.698.